The largest absolute Gasteiger partial charge is 0.507 e. The number of benzene rings is 2. The van der Waals surface area contributed by atoms with Gasteiger partial charge in [0.2, 0.25) is 0 Å². The van der Waals surface area contributed by atoms with E-state index in [1.807, 2.05) is 0 Å². The van der Waals surface area contributed by atoms with E-state index in [9.17, 15) is 25.2 Å². The van der Waals surface area contributed by atoms with Crippen LogP contribution in [0.3, 0.4) is 0 Å². The van der Waals surface area contributed by atoms with E-state index in [1.165, 1.54) is 37.3 Å². The molecule has 0 bridgehead atoms. The number of aromatic hydroxyl groups is 4. The molecule has 0 aliphatic rings. The summed E-state index contributed by atoms with van der Waals surface area (Å²) >= 11 is 0. The molecule has 22 heavy (non-hydrogen) atoms. The first kappa shape index (κ1) is 13.8. The van der Waals surface area contributed by atoms with E-state index in [0.29, 0.717) is 5.56 Å². The lowest BCUT2D eigenvalue weighted by Gasteiger charge is -2.08. The van der Waals surface area contributed by atoms with Crippen molar-refractivity contribution in [1.82, 2.24) is 0 Å². The molecule has 6 heteroatoms. The van der Waals surface area contributed by atoms with Gasteiger partial charge in [-0.1, -0.05) is 0 Å². The normalized spacial score (nSPS) is 11.0. The first-order valence-electron chi connectivity index (χ1n) is 6.40. The Morgan fingerprint density at radius 1 is 0.909 bits per heavy atom. The van der Waals surface area contributed by atoms with E-state index < -0.39 is 5.43 Å². The molecule has 0 amide bonds. The summed E-state index contributed by atoms with van der Waals surface area (Å²) in [6.45, 7) is 1.48. The lowest BCUT2D eigenvalue weighted by molar-refractivity contribution is 0.404. The summed E-state index contributed by atoms with van der Waals surface area (Å²) in [5.74, 6) is -1.04. The fraction of sp³-hybridized carbons (Fsp3) is 0.0625. The highest BCUT2D eigenvalue weighted by molar-refractivity contribution is 5.87. The molecule has 0 saturated carbocycles. The maximum atomic E-state index is 12.2. The Balaban J connectivity index is 2.31. The molecule has 0 unspecified atom stereocenters. The van der Waals surface area contributed by atoms with E-state index in [0.717, 1.165) is 0 Å². The van der Waals surface area contributed by atoms with Crippen LogP contribution in [-0.4, -0.2) is 20.4 Å². The first-order valence-corrected chi connectivity index (χ1v) is 6.40. The third-order valence-corrected chi connectivity index (χ3v) is 3.48. The van der Waals surface area contributed by atoms with Gasteiger partial charge in [0, 0.05) is 23.3 Å². The highest BCUT2D eigenvalue weighted by Crippen LogP contribution is 2.36. The zero-order valence-corrected chi connectivity index (χ0v) is 11.5. The highest BCUT2D eigenvalue weighted by atomic mass is 16.3. The van der Waals surface area contributed by atoms with Crippen LogP contribution in [0.25, 0.3) is 22.3 Å². The van der Waals surface area contributed by atoms with Crippen molar-refractivity contribution in [3.63, 3.8) is 0 Å². The Morgan fingerprint density at radius 2 is 1.64 bits per heavy atom. The Labute approximate surface area is 124 Å². The second-order valence-corrected chi connectivity index (χ2v) is 4.92. The summed E-state index contributed by atoms with van der Waals surface area (Å²) < 4.78 is 5.53. The minimum absolute atomic E-state index is 0.0238. The molecule has 0 spiro atoms. The number of hydrogen-bond acceptors (Lipinski definition) is 6. The SMILES string of the molecule is Cc1c(O)cc2oc(-c3ccc(O)c(O)c3)cc(=O)c2c1O. The Bertz CT molecular complexity index is 955. The molecule has 3 rings (SSSR count). The third kappa shape index (κ3) is 2.01. The third-order valence-electron chi connectivity index (χ3n) is 3.48. The molecular formula is C16H12O6. The molecular weight excluding hydrogens is 288 g/mol. The molecule has 0 saturated heterocycles. The van der Waals surface area contributed by atoms with E-state index in [-0.39, 0.29) is 45.3 Å². The van der Waals surface area contributed by atoms with Crippen LogP contribution >= 0.6 is 0 Å². The van der Waals surface area contributed by atoms with Crippen LogP contribution in [0.5, 0.6) is 23.0 Å². The molecule has 6 nitrogen and oxygen atoms in total. The van der Waals surface area contributed by atoms with Crippen molar-refractivity contribution in [2.24, 2.45) is 0 Å². The van der Waals surface area contributed by atoms with Crippen molar-refractivity contribution in [2.75, 3.05) is 0 Å². The summed E-state index contributed by atoms with van der Waals surface area (Å²) in [6, 6.07) is 6.39. The van der Waals surface area contributed by atoms with Gasteiger partial charge in [0.25, 0.3) is 0 Å². The highest BCUT2D eigenvalue weighted by Gasteiger charge is 2.15. The zero-order valence-electron chi connectivity index (χ0n) is 11.5. The second kappa shape index (κ2) is 4.70. The van der Waals surface area contributed by atoms with Crippen molar-refractivity contribution < 1.29 is 24.8 Å². The van der Waals surface area contributed by atoms with Crippen molar-refractivity contribution in [1.29, 1.82) is 0 Å². The van der Waals surface area contributed by atoms with Crippen LogP contribution < -0.4 is 5.43 Å². The quantitative estimate of drug-likeness (QED) is 0.514. The summed E-state index contributed by atoms with van der Waals surface area (Å²) in [6.07, 6.45) is 0. The molecule has 0 aliphatic heterocycles. The number of fused-ring (bicyclic) bond motifs is 1. The van der Waals surface area contributed by atoms with E-state index in [2.05, 4.69) is 0 Å². The Morgan fingerprint density at radius 3 is 2.32 bits per heavy atom. The van der Waals surface area contributed by atoms with Gasteiger partial charge in [0.15, 0.2) is 16.9 Å². The predicted molar refractivity (Wildman–Crippen MR) is 79.3 cm³/mol. The van der Waals surface area contributed by atoms with Gasteiger partial charge in [-0.25, -0.2) is 0 Å². The standard InChI is InChI=1S/C16H12O6/c1-7-10(18)5-14-15(16(7)21)12(20)6-13(22-14)8-2-3-9(17)11(19)4-8/h2-6,17-19,21H,1H3. The molecule has 0 radical (unpaired) electrons. The maximum Gasteiger partial charge on any atom is 0.197 e. The molecule has 0 atom stereocenters. The van der Waals surface area contributed by atoms with Crippen molar-refractivity contribution in [2.45, 2.75) is 6.92 Å². The lowest BCUT2D eigenvalue weighted by Crippen LogP contribution is -2.01. The molecule has 112 valence electrons. The van der Waals surface area contributed by atoms with Gasteiger partial charge in [0.1, 0.15) is 28.2 Å². The van der Waals surface area contributed by atoms with Crippen LogP contribution in [0.15, 0.2) is 39.5 Å². The molecule has 0 fully saturated rings. The van der Waals surface area contributed by atoms with Gasteiger partial charge in [-0.05, 0) is 25.1 Å². The van der Waals surface area contributed by atoms with Gasteiger partial charge in [-0.2, -0.15) is 0 Å². The summed E-state index contributed by atoms with van der Waals surface area (Å²) in [7, 11) is 0. The summed E-state index contributed by atoms with van der Waals surface area (Å²) in [5.41, 5.74) is 0.101. The van der Waals surface area contributed by atoms with Gasteiger partial charge < -0.3 is 24.8 Å². The van der Waals surface area contributed by atoms with E-state index in [1.54, 1.807) is 0 Å². The molecule has 0 aliphatic carbocycles. The molecule has 2 aromatic carbocycles. The Kier molecular flexibility index (Phi) is 2.95. The monoisotopic (exact) mass is 300 g/mol. The minimum atomic E-state index is -0.482. The van der Waals surface area contributed by atoms with Crippen LogP contribution in [0.4, 0.5) is 0 Å². The van der Waals surface area contributed by atoms with Gasteiger partial charge in [-0.3, -0.25) is 4.79 Å². The van der Waals surface area contributed by atoms with Crippen LogP contribution in [0, 0.1) is 6.92 Å². The topological polar surface area (TPSA) is 111 Å². The van der Waals surface area contributed by atoms with Crippen molar-refractivity contribution in [3.8, 4) is 34.3 Å². The molecule has 3 aromatic rings. The number of rotatable bonds is 1. The first-order chi connectivity index (χ1) is 10.4. The second-order valence-electron chi connectivity index (χ2n) is 4.92. The number of phenols is 4. The van der Waals surface area contributed by atoms with Gasteiger partial charge >= 0.3 is 0 Å². The van der Waals surface area contributed by atoms with Crippen LogP contribution in [0.2, 0.25) is 0 Å². The summed E-state index contributed by atoms with van der Waals surface area (Å²) in [5, 5.41) is 38.5. The number of hydrogen-bond donors (Lipinski definition) is 4. The fourth-order valence-corrected chi connectivity index (χ4v) is 2.21. The van der Waals surface area contributed by atoms with E-state index in [4.69, 9.17) is 4.42 Å². The Hall–Kier alpha value is -3.15. The van der Waals surface area contributed by atoms with Gasteiger partial charge in [0.05, 0.1) is 0 Å². The van der Waals surface area contributed by atoms with Gasteiger partial charge in [-0.15, -0.1) is 0 Å². The van der Waals surface area contributed by atoms with Crippen molar-refractivity contribution in [3.05, 3.63) is 46.1 Å². The van der Waals surface area contributed by atoms with Crippen LogP contribution in [-0.2, 0) is 0 Å². The molecule has 1 heterocycles. The zero-order chi connectivity index (χ0) is 16.0. The predicted octanol–water partition coefficient (Wildman–Crippen LogP) is 2.59. The maximum absolute atomic E-state index is 12.2. The average Bonchev–Trinajstić information content (AvgIpc) is 2.47. The lowest BCUT2D eigenvalue weighted by atomic mass is 10.1. The average molecular weight is 300 g/mol. The number of phenolic OH excluding ortho intramolecular Hbond substituents is 4. The van der Waals surface area contributed by atoms with Crippen LogP contribution in [0.1, 0.15) is 5.56 Å². The fourth-order valence-electron chi connectivity index (χ4n) is 2.21. The molecule has 4 N–H and O–H groups in total. The van der Waals surface area contributed by atoms with E-state index >= 15 is 0 Å². The summed E-state index contributed by atoms with van der Waals surface area (Å²) in [4.78, 5) is 12.2. The minimum Gasteiger partial charge on any atom is -0.507 e. The van der Waals surface area contributed by atoms with Crippen molar-refractivity contribution >= 4 is 11.0 Å². The smallest absolute Gasteiger partial charge is 0.197 e. The molecule has 1 aromatic heterocycles.